The van der Waals surface area contributed by atoms with E-state index in [1.54, 1.807) is 26.0 Å². The van der Waals surface area contributed by atoms with Crippen molar-refractivity contribution in [1.29, 1.82) is 0 Å². The molecule has 0 aliphatic heterocycles. The van der Waals surface area contributed by atoms with Crippen LogP contribution in [0.2, 0.25) is 0 Å². The van der Waals surface area contributed by atoms with Gasteiger partial charge in [0, 0.05) is 30.2 Å². The quantitative estimate of drug-likeness (QED) is 0.227. The molecule has 13 nitrogen and oxygen atoms in total. The second-order valence-electron chi connectivity index (χ2n) is 18.2. The number of aliphatic hydroxyl groups is 2. The maximum Gasteiger partial charge on any atom is 0.239 e. The minimum Gasteiger partial charge on any atom is -0.507 e. The van der Waals surface area contributed by atoms with E-state index in [9.17, 15) is 44.1 Å². The Morgan fingerprint density at radius 3 is 2.42 bits per heavy atom. The number of fused-ring (bicyclic) bond motifs is 8. The van der Waals surface area contributed by atoms with Crippen molar-refractivity contribution < 1.29 is 48.8 Å². The molecule has 2 aromatic rings. The second kappa shape index (κ2) is 13.9. The number of benzene rings is 2. The monoisotopic (exact) mass is 783 g/mol. The van der Waals surface area contributed by atoms with Gasteiger partial charge in [-0.15, -0.1) is 0 Å². The fourth-order valence-electron chi connectivity index (χ4n) is 12.0. The van der Waals surface area contributed by atoms with Crippen LogP contribution in [-0.4, -0.2) is 113 Å². The number of aryl methyl sites for hydroxylation is 1. The zero-order chi connectivity index (χ0) is 40.9. The van der Waals surface area contributed by atoms with Crippen LogP contribution in [0.4, 0.5) is 0 Å². The number of nitrogens with zero attached hydrogens (tertiary/aromatic N) is 2. The molecule has 8 rings (SSSR count). The zero-order valence-electron chi connectivity index (χ0n) is 33.2. The molecule has 0 saturated heterocycles. The number of phenols is 1. The fourth-order valence-corrected chi connectivity index (χ4v) is 12.0. The molecule has 11 unspecified atom stereocenters. The summed E-state index contributed by atoms with van der Waals surface area (Å²) < 4.78 is 6.11. The molecule has 2 aromatic carbocycles. The van der Waals surface area contributed by atoms with Crippen LogP contribution in [0, 0.1) is 40.9 Å². The molecule has 6 aliphatic carbocycles. The number of nitrogens with one attached hydrogen (secondary N) is 1. The van der Waals surface area contributed by atoms with E-state index in [-0.39, 0.29) is 29.6 Å². The zero-order valence-corrected chi connectivity index (χ0v) is 33.2. The van der Waals surface area contributed by atoms with E-state index in [0.717, 1.165) is 37.9 Å². The third-order valence-electron chi connectivity index (χ3n) is 15.0. The Morgan fingerprint density at radius 1 is 0.930 bits per heavy atom. The summed E-state index contributed by atoms with van der Waals surface area (Å²) in [4.78, 5) is 85.9. The summed E-state index contributed by atoms with van der Waals surface area (Å²) in [5.74, 6) is -9.03. The highest BCUT2D eigenvalue weighted by molar-refractivity contribution is 6.32. The molecule has 1 amide bonds. The van der Waals surface area contributed by atoms with Crippen molar-refractivity contribution in [1.82, 2.24) is 15.1 Å². The number of carbonyl (C=O) groups excluding carboxylic acids is 6. The molecule has 0 spiro atoms. The Labute approximate surface area is 332 Å². The molecular weight excluding hydrogens is 730 g/mol. The van der Waals surface area contributed by atoms with E-state index in [0.29, 0.717) is 43.1 Å². The van der Waals surface area contributed by atoms with Gasteiger partial charge < -0.3 is 25.4 Å². The minimum atomic E-state index is -2.87. The number of Topliss-reactive ketones (excluding diaryl/α,β-unsaturated/α-hetero) is 5. The first-order valence-corrected chi connectivity index (χ1v) is 20.3. The minimum absolute atomic E-state index is 0.0698. The summed E-state index contributed by atoms with van der Waals surface area (Å²) in [6.07, 6.45) is 5.47. The first-order chi connectivity index (χ1) is 26.9. The van der Waals surface area contributed by atoms with E-state index in [2.05, 4.69) is 24.4 Å². The topological polar surface area (TPSA) is 191 Å². The maximum absolute atomic E-state index is 14.3. The smallest absolute Gasteiger partial charge is 0.239 e. The van der Waals surface area contributed by atoms with Gasteiger partial charge in [0.1, 0.15) is 23.9 Å². The van der Waals surface area contributed by atoms with Crippen molar-refractivity contribution in [3.05, 3.63) is 58.7 Å². The van der Waals surface area contributed by atoms with Gasteiger partial charge in [-0.25, -0.2) is 0 Å². The number of likely N-dealkylation sites (N-methyl/N-ethyl adjacent to an activating group) is 2. The fraction of sp³-hybridized carbons (Fsp3) is 0.591. The molecule has 4 saturated carbocycles. The predicted octanol–water partition coefficient (Wildman–Crippen LogP) is 2.56. The number of phenolic OH excluding ortho intramolecular Hbond substituents is 1. The van der Waals surface area contributed by atoms with Crippen molar-refractivity contribution in [3.63, 3.8) is 0 Å². The first-order valence-electron chi connectivity index (χ1n) is 20.3. The first kappa shape index (κ1) is 39.5. The number of hydrogen-bond donors (Lipinski definition) is 4. The Morgan fingerprint density at radius 2 is 1.68 bits per heavy atom. The highest BCUT2D eigenvalue weighted by atomic mass is 16.5. The van der Waals surface area contributed by atoms with Crippen LogP contribution in [0.15, 0.2) is 36.4 Å². The molecule has 6 aliphatic rings. The Kier molecular flexibility index (Phi) is 9.65. The van der Waals surface area contributed by atoms with Crippen LogP contribution in [0.5, 0.6) is 11.5 Å². The SMILES string of the molecule is CN(CCOc1ccc2c(c1)CCC1C2CCC2(C)C(=O)CCC12)CNC(=O)C1C(=O)C(N(C)C)C2CC3C(C(=O)c4c(O)cccc4C3(C)O)C(=O)C2(O)C1=O. The lowest BCUT2D eigenvalue weighted by atomic mass is 9.49. The highest BCUT2D eigenvalue weighted by Gasteiger charge is 2.71. The number of ether oxygens (including phenoxy) is 1. The van der Waals surface area contributed by atoms with Crippen molar-refractivity contribution in [3.8, 4) is 11.5 Å². The van der Waals surface area contributed by atoms with Crippen LogP contribution in [-0.2, 0) is 36.0 Å². The van der Waals surface area contributed by atoms with Crippen molar-refractivity contribution in [2.75, 3.05) is 41.0 Å². The van der Waals surface area contributed by atoms with Crippen LogP contribution < -0.4 is 10.1 Å². The van der Waals surface area contributed by atoms with Gasteiger partial charge in [0.2, 0.25) is 5.91 Å². The molecular formula is C44H53N3O10. The maximum atomic E-state index is 14.3. The van der Waals surface area contributed by atoms with Crippen LogP contribution in [0.25, 0.3) is 0 Å². The summed E-state index contributed by atoms with van der Waals surface area (Å²) in [6, 6.07) is 9.22. The average molecular weight is 784 g/mol. The third-order valence-corrected chi connectivity index (χ3v) is 15.0. The Bertz CT molecular complexity index is 2080. The molecule has 0 aromatic heterocycles. The van der Waals surface area contributed by atoms with Crippen molar-refractivity contribution >= 4 is 34.8 Å². The standard InChI is InChI=1S/C44H53N3O10/c1-42-16-15-25-24-12-10-23(19-22(24)9-11-26(25)27(42)13-14-32(42)49)57-18-17-47(5)21-45-41(54)35-38(51)36(46(3)4)30-20-29-34(39(52)44(30,56)40(35)53)37(50)33-28(43(29,2)55)7-6-8-31(33)48/h6-8,10,12,19,25-27,29-30,34-36,48,55-56H,9,11,13-18,20-21H2,1-5H3,(H,45,54). The number of rotatable bonds is 8. The molecule has 57 heavy (non-hydrogen) atoms. The summed E-state index contributed by atoms with van der Waals surface area (Å²) in [5, 5.41) is 37.1. The van der Waals surface area contributed by atoms with Gasteiger partial charge in [-0.05, 0) is 119 Å². The highest BCUT2D eigenvalue weighted by Crippen LogP contribution is 2.60. The molecule has 0 bridgehead atoms. The van der Waals surface area contributed by atoms with Gasteiger partial charge in [-0.3, -0.25) is 38.6 Å². The largest absolute Gasteiger partial charge is 0.507 e. The Hall–Kier alpha value is -4.30. The van der Waals surface area contributed by atoms with E-state index < -0.39 is 75.7 Å². The average Bonchev–Trinajstić information content (AvgIpc) is 3.47. The third kappa shape index (κ3) is 5.85. The van der Waals surface area contributed by atoms with Gasteiger partial charge in [-0.2, -0.15) is 0 Å². The van der Waals surface area contributed by atoms with Crippen molar-refractivity contribution in [2.45, 2.75) is 82.0 Å². The van der Waals surface area contributed by atoms with Crippen LogP contribution in [0.3, 0.4) is 0 Å². The number of carbonyl (C=O) groups is 6. The number of hydrogen-bond acceptors (Lipinski definition) is 12. The second-order valence-corrected chi connectivity index (χ2v) is 18.2. The number of amides is 1. The van der Waals surface area contributed by atoms with E-state index in [1.807, 2.05) is 6.07 Å². The summed E-state index contributed by atoms with van der Waals surface area (Å²) >= 11 is 0. The van der Waals surface area contributed by atoms with Gasteiger partial charge in [-0.1, -0.05) is 25.1 Å². The molecule has 4 fully saturated rings. The van der Waals surface area contributed by atoms with E-state index in [4.69, 9.17) is 4.74 Å². The molecule has 304 valence electrons. The summed E-state index contributed by atoms with van der Waals surface area (Å²) in [7, 11) is 4.81. The molecule has 4 N–H and O–H groups in total. The lowest BCUT2D eigenvalue weighted by Gasteiger charge is -2.55. The molecule has 0 radical (unpaired) electrons. The van der Waals surface area contributed by atoms with E-state index >= 15 is 0 Å². The van der Waals surface area contributed by atoms with Crippen LogP contribution in [0.1, 0.15) is 85.3 Å². The number of aromatic hydroxyl groups is 1. The predicted molar refractivity (Wildman–Crippen MR) is 205 cm³/mol. The van der Waals surface area contributed by atoms with Gasteiger partial charge in [0.25, 0.3) is 0 Å². The summed E-state index contributed by atoms with van der Waals surface area (Å²) in [5.41, 5.74) is -2.34. The lowest BCUT2D eigenvalue weighted by Crippen LogP contribution is -2.75. The normalized spacial score (nSPS) is 36.9. The van der Waals surface area contributed by atoms with Crippen molar-refractivity contribution in [2.24, 2.45) is 40.9 Å². The summed E-state index contributed by atoms with van der Waals surface area (Å²) in [6.45, 7) is 4.20. The number of ketones is 5. The van der Waals surface area contributed by atoms with Gasteiger partial charge in [0.05, 0.1) is 29.8 Å². The Balaban J connectivity index is 0.915. The van der Waals surface area contributed by atoms with Gasteiger partial charge in [0.15, 0.2) is 34.7 Å². The lowest BCUT2D eigenvalue weighted by molar-refractivity contribution is -0.188. The van der Waals surface area contributed by atoms with Gasteiger partial charge >= 0.3 is 0 Å². The molecule has 0 heterocycles. The molecule has 13 heteroatoms. The van der Waals surface area contributed by atoms with Crippen LogP contribution >= 0.6 is 0 Å². The van der Waals surface area contributed by atoms with E-state index in [1.165, 1.54) is 41.1 Å². The molecule has 11 atom stereocenters.